The van der Waals surface area contributed by atoms with Crippen molar-refractivity contribution in [1.82, 2.24) is 5.32 Å². The van der Waals surface area contributed by atoms with Crippen LogP contribution in [0.5, 0.6) is 11.5 Å². The van der Waals surface area contributed by atoms with Crippen LogP contribution in [0.3, 0.4) is 0 Å². The molecule has 1 saturated heterocycles. The first-order valence-corrected chi connectivity index (χ1v) is 7.51. The molecule has 1 aromatic rings. The van der Waals surface area contributed by atoms with Gasteiger partial charge in [-0.15, -0.1) is 0 Å². The van der Waals surface area contributed by atoms with Gasteiger partial charge in [-0.2, -0.15) is 0 Å². The molecule has 1 aromatic carbocycles. The van der Waals surface area contributed by atoms with Gasteiger partial charge in [-0.25, -0.2) is 0 Å². The molecule has 3 rings (SSSR count). The highest BCUT2D eigenvalue weighted by Crippen LogP contribution is 2.35. The number of fused-ring (bicyclic) bond motifs is 1. The second-order valence-electron chi connectivity index (χ2n) is 5.89. The minimum atomic E-state index is 0.0957. The molecule has 0 aromatic heterocycles. The van der Waals surface area contributed by atoms with Crippen molar-refractivity contribution < 1.29 is 14.6 Å². The first-order valence-electron chi connectivity index (χ1n) is 7.51. The van der Waals surface area contributed by atoms with Gasteiger partial charge in [-0.3, -0.25) is 0 Å². The van der Waals surface area contributed by atoms with Crippen molar-refractivity contribution in [2.75, 3.05) is 32.9 Å². The summed E-state index contributed by atoms with van der Waals surface area (Å²) in [5.41, 5.74) is 1.36. The number of piperidine rings is 1. The van der Waals surface area contributed by atoms with Gasteiger partial charge in [0.15, 0.2) is 11.5 Å². The number of ether oxygens (including phenoxy) is 2. The average Bonchev–Trinajstić information content (AvgIpc) is 2.54. The second kappa shape index (κ2) is 6.02. The van der Waals surface area contributed by atoms with E-state index in [9.17, 15) is 5.11 Å². The number of aliphatic hydroxyl groups is 1. The summed E-state index contributed by atoms with van der Waals surface area (Å²) in [5.74, 6) is 1.70. The van der Waals surface area contributed by atoms with E-state index in [0.717, 1.165) is 50.3 Å². The van der Waals surface area contributed by atoms with E-state index in [1.807, 2.05) is 6.07 Å². The number of aliphatic hydroxyl groups excluding tert-OH is 1. The molecule has 0 amide bonds. The highest BCUT2D eigenvalue weighted by atomic mass is 16.6. The first-order chi connectivity index (χ1) is 9.81. The fourth-order valence-electron chi connectivity index (χ4n) is 3.10. The van der Waals surface area contributed by atoms with Crippen LogP contribution in [0.2, 0.25) is 0 Å². The monoisotopic (exact) mass is 277 g/mol. The number of aryl methyl sites for hydroxylation is 1. The maximum atomic E-state index is 9.74. The molecule has 0 unspecified atom stereocenters. The van der Waals surface area contributed by atoms with Crippen LogP contribution < -0.4 is 14.8 Å². The van der Waals surface area contributed by atoms with Crippen LogP contribution in [0.15, 0.2) is 18.2 Å². The van der Waals surface area contributed by atoms with E-state index in [1.165, 1.54) is 5.56 Å². The summed E-state index contributed by atoms with van der Waals surface area (Å²) in [6.07, 6.45) is 4.14. The highest BCUT2D eigenvalue weighted by Gasteiger charge is 2.30. The quantitative estimate of drug-likeness (QED) is 0.880. The van der Waals surface area contributed by atoms with E-state index < -0.39 is 0 Å². The largest absolute Gasteiger partial charge is 0.486 e. The lowest BCUT2D eigenvalue weighted by atomic mass is 9.75. The highest BCUT2D eigenvalue weighted by molar-refractivity contribution is 5.43. The number of hydrogen-bond acceptors (Lipinski definition) is 4. The zero-order chi connectivity index (χ0) is 13.8. The predicted molar refractivity (Wildman–Crippen MR) is 77.4 cm³/mol. The van der Waals surface area contributed by atoms with E-state index in [2.05, 4.69) is 17.4 Å². The Morgan fingerprint density at radius 1 is 1.10 bits per heavy atom. The van der Waals surface area contributed by atoms with Gasteiger partial charge in [0.25, 0.3) is 0 Å². The van der Waals surface area contributed by atoms with E-state index >= 15 is 0 Å². The van der Waals surface area contributed by atoms with Gasteiger partial charge in [0.05, 0.1) is 0 Å². The van der Waals surface area contributed by atoms with Crippen molar-refractivity contribution in [3.05, 3.63) is 23.8 Å². The molecule has 0 radical (unpaired) electrons. The van der Waals surface area contributed by atoms with Crippen LogP contribution in [-0.2, 0) is 6.42 Å². The van der Waals surface area contributed by atoms with E-state index in [-0.39, 0.29) is 5.41 Å². The SMILES string of the molecule is OCC1(CCc2ccc3c(c2)OCCO3)CCNCC1. The van der Waals surface area contributed by atoms with Crippen LogP contribution in [-0.4, -0.2) is 38.0 Å². The third-order valence-corrected chi connectivity index (χ3v) is 4.55. The van der Waals surface area contributed by atoms with Gasteiger partial charge < -0.3 is 19.9 Å². The molecule has 0 saturated carbocycles. The number of nitrogens with one attached hydrogen (secondary N) is 1. The normalized spacial score (nSPS) is 20.6. The Balaban J connectivity index is 1.65. The fraction of sp³-hybridized carbons (Fsp3) is 0.625. The van der Waals surface area contributed by atoms with E-state index in [0.29, 0.717) is 19.8 Å². The molecule has 2 N–H and O–H groups in total. The molecule has 2 aliphatic heterocycles. The Morgan fingerprint density at radius 2 is 1.85 bits per heavy atom. The molecule has 0 bridgehead atoms. The number of hydrogen-bond donors (Lipinski definition) is 2. The smallest absolute Gasteiger partial charge is 0.161 e. The third-order valence-electron chi connectivity index (χ3n) is 4.55. The lowest BCUT2D eigenvalue weighted by molar-refractivity contribution is 0.0806. The molecule has 20 heavy (non-hydrogen) atoms. The van der Waals surface area contributed by atoms with Crippen molar-refractivity contribution in [3.63, 3.8) is 0 Å². The summed E-state index contributed by atoms with van der Waals surface area (Å²) in [6.45, 7) is 3.58. The Kier molecular flexibility index (Phi) is 4.13. The van der Waals surface area contributed by atoms with Crippen LogP contribution in [0.1, 0.15) is 24.8 Å². The Hall–Kier alpha value is -1.26. The van der Waals surface area contributed by atoms with Crippen molar-refractivity contribution in [2.24, 2.45) is 5.41 Å². The van der Waals surface area contributed by atoms with Gasteiger partial charge in [0.1, 0.15) is 13.2 Å². The molecule has 1 fully saturated rings. The van der Waals surface area contributed by atoms with Crippen molar-refractivity contribution >= 4 is 0 Å². The molecule has 4 nitrogen and oxygen atoms in total. The van der Waals surface area contributed by atoms with Crippen molar-refractivity contribution in [3.8, 4) is 11.5 Å². The van der Waals surface area contributed by atoms with Crippen molar-refractivity contribution in [2.45, 2.75) is 25.7 Å². The van der Waals surface area contributed by atoms with Crippen LogP contribution in [0.25, 0.3) is 0 Å². The molecule has 2 aliphatic rings. The molecule has 0 aliphatic carbocycles. The Morgan fingerprint density at radius 3 is 2.60 bits per heavy atom. The molecular weight excluding hydrogens is 254 g/mol. The molecule has 2 heterocycles. The standard InChI is InChI=1S/C16H23NO3/c18-12-16(5-7-17-8-6-16)4-3-13-1-2-14-15(11-13)20-10-9-19-14/h1-2,11,17-18H,3-10,12H2. The zero-order valence-corrected chi connectivity index (χ0v) is 11.9. The minimum absolute atomic E-state index is 0.0957. The lowest BCUT2D eigenvalue weighted by Crippen LogP contribution is -2.39. The van der Waals surface area contributed by atoms with E-state index in [1.54, 1.807) is 0 Å². The molecule has 0 spiro atoms. The van der Waals surface area contributed by atoms with Crippen LogP contribution >= 0.6 is 0 Å². The van der Waals surface area contributed by atoms with E-state index in [4.69, 9.17) is 9.47 Å². The summed E-state index contributed by atoms with van der Waals surface area (Å²) >= 11 is 0. The summed E-state index contributed by atoms with van der Waals surface area (Å²) in [4.78, 5) is 0. The molecule has 110 valence electrons. The summed E-state index contributed by atoms with van der Waals surface area (Å²) in [7, 11) is 0. The van der Waals surface area contributed by atoms with Crippen LogP contribution in [0, 0.1) is 5.41 Å². The average molecular weight is 277 g/mol. The Labute approximate surface area is 120 Å². The van der Waals surface area contributed by atoms with Gasteiger partial charge in [0.2, 0.25) is 0 Å². The van der Waals surface area contributed by atoms with Gasteiger partial charge >= 0.3 is 0 Å². The number of rotatable bonds is 4. The lowest BCUT2D eigenvalue weighted by Gasteiger charge is -2.36. The van der Waals surface area contributed by atoms with Gasteiger partial charge in [-0.1, -0.05) is 6.07 Å². The molecule has 4 heteroatoms. The fourth-order valence-corrected chi connectivity index (χ4v) is 3.10. The predicted octanol–water partition coefficient (Wildman–Crippen LogP) is 1.75. The summed E-state index contributed by atoms with van der Waals surface area (Å²) in [6, 6.07) is 6.19. The Bertz CT molecular complexity index is 455. The van der Waals surface area contributed by atoms with Crippen molar-refractivity contribution in [1.29, 1.82) is 0 Å². The summed E-state index contributed by atoms with van der Waals surface area (Å²) in [5, 5.41) is 13.1. The number of benzene rings is 1. The van der Waals surface area contributed by atoms with Crippen LogP contribution in [0.4, 0.5) is 0 Å². The topological polar surface area (TPSA) is 50.7 Å². The summed E-state index contributed by atoms with van der Waals surface area (Å²) < 4.78 is 11.2. The van der Waals surface area contributed by atoms with Gasteiger partial charge in [0, 0.05) is 6.61 Å². The third kappa shape index (κ3) is 2.91. The zero-order valence-electron chi connectivity index (χ0n) is 11.9. The maximum Gasteiger partial charge on any atom is 0.161 e. The maximum absolute atomic E-state index is 9.74. The minimum Gasteiger partial charge on any atom is -0.486 e. The molecular formula is C16H23NO3. The first kappa shape index (κ1) is 13.7. The van der Waals surface area contributed by atoms with Gasteiger partial charge in [-0.05, 0) is 61.9 Å². The second-order valence-corrected chi connectivity index (χ2v) is 5.89. The molecule has 0 atom stereocenters.